The average Bonchev–Trinajstić information content (AvgIpc) is 2.58. The van der Waals surface area contributed by atoms with Crippen LogP contribution >= 0.6 is 0 Å². The quantitative estimate of drug-likeness (QED) is 0.428. The fraction of sp³-hybridized carbons (Fsp3) is 0.353. The van der Waals surface area contributed by atoms with Gasteiger partial charge in [-0.05, 0) is 30.7 Å². The van der Waals surface area contributed by atoms with E-state index in [9.17, 15) is 9.59 Å². The van der Waals surface area contributed by atoms with Gasteiger partial charge in [0.15, 0.2) is 18.1 Å². The molecule has 0 aliphatic carbocycles. The number of methoxy groups -OCH3 is 1. The van der Waals surface area contributed by atoms with Gasteiger partial charge in [-0.15, -0.1) is 0 Å². The molecule has 1 aromatic rings. The van der Waals surface area contributed by atoms with E-state index in [0.29, 0.717) is 23.7 Å². The molecule has 0 fully saturated rings. The molecular weight excluding hydrogens is 312 g/mol. The van der Waals surface area contributed by atoms with E-state index >= 15 is 0 Å². The molecule has 1 rings (SSSR count). The Morgan fingerprint density at radius 2 is 1.96 bits per heavy atom. The Hall–Kier alpha value is -3.01. The summed E-state index contributed by atoms with van der Waals surface area (Å²) in [5, 5.41) is 9.00. The summed E-state index contributed by atoms with van der Waals surface area (Å²) >= 11 is 0. The van der Waals surface area contributed by atoms with Crippen LogP contribution in [0.4, 0.5) is 0 Å². The smallest absolute Gasteiger partial charge is 0.348 e. The number of likely N-dealkylation sites (N-methyl/N-ethyl adjacent to an activating group) is 1. The van der Waals surface area contributed by atoms with Crippen molar-refractivity contribution in [1.82, 2.24) is 4.90 Å². The maximum absolute atomic E-state index is 11.6. The van der Waals surface area contributed by atoms with Crippen molar-refractivity contribution in [1.29, 1.82) is 5.26 Å². The third kappa shape index (κ3) is 5.32. The minimum absolute atomic E-state index is 0.117. The van der Waals surface area contributed by atoms with Crippen LogP contribution < -0.4 is 9.47 Å². The molecule has 0 aliphatic heterocycles. The van der Waals surface area contributed by atoms with Crippen LogP contribution in [0.2, 0.25) is 0 Å². The summed E-state index contributed by atoms with van der Waals surface area (Å²) in [6, 6.07) is 6.68. The van der Waals surface area contributed by atoms with Gasteiger partial charge in [0, 0.05) is 14.1 Å². The van der Waals surface area contributed by atoms with E-state index in [-0.39, 0.29) is 18.1 Å². The maximum Gasteiger partial charge on any atom is 0.348 e. The van der Waals surface area contributed by atoms with E-state index in [1.807, 2.05) is 6.92 Å². The molecule has 0 radical (unpaired) electrons. The molecule has 7 nitrogen and oxygen atoms in total. The highest BCUT2D eigenvalue weighted by molar-refractivity contribution is 5.97. The van der Waals surface area contributed by atoms with Crippen molar-refractivity contribution < 1.29 is 23.8 Å². The molecule has 0 spiro atoms. The van der Waals surface area contributed by atoms with Crippen molar-refractivity contribution in [3.8, 4) is 17.6 Å². The lowest BCUT2D eigenvalue weighted by atomic mass is 10.1. The number of amides is 1. The Morgan fingerprint density at radius 3 is 2.50 bits per heavy atom. The van der Waals surface area contributed by atoms with Gasteiger partial charge in [0.05, 0.1) is 13.7 Å². The molecule has 7 heteroatoms. The van der Waals surface area contributed by atoms with Crippen LogP contribution in [0.15, 0.2) is 23.8 Å². The van der Waals surface area contributed by atoms with Crippen LogP contribution in [0, 0.1) is 11.3 Å². The van der Waals surface area contributed by atoms with Gasteiger partial charge in [0.25, 0.3) is 5.91 Å². The molecule has 0 aliphatic rings. The van der Waals surface area contributed by atoms with Crippen LogP contribution in [-0.2, 0) is 14.3 Å². The maximum atomic E-state index is 11.6. The summed E-state index contributed by atoms with van der Waals surface area (Å²) in [7, 11) is 4.48. The molecule has 1 amide bonds. The fourth-order valence-electron chi connectivity index (χ4n) is 1.68. The van der Waals surface area contributed by atoms with E-state index in [1.54, 1.807) is 38.4 Å². The Labute approximate surface area is 141 Å². The Kier molecular flexibility index (Phi) is 7.30. The molecule has 1 aromatic carbocycles. The zero-order valence-electron chi connectivity index (χ0n) is 14.2. The van der Waals surface area contributed by atoms with Gasteiger partial charge < -0.3 is 19.1 Å². The number of carbonyl (C=O) groups is 2. The predicted molar refractivity (Wildman–Crippen MR) is 87.4 cm³/mol. The minimum Gasteiger partial charge on any atom is -0.490 e. The van der Waals surface area contributed by atoms with Crippen LogP contribution in [-0.4, -0.2) is 51.2 Å². The number of benzene rings is 1. The van der Waals surface area contributed by atoms with Crippen molar-refractivity contribution in [3.05, 3.63) is 29.3 Å². The van der Waals surface area contributed by atoms with E-state index in [0.717, 1.165) is 0 Å². The van der Waals surface area contributed by atoms with E-state index < -0.39 is 5.97 Å². The first-order valence-corrected chi connectivity index (χ1v) is 7.22. The van der Waals surface area contributed by atoms with Gasteiger partial charge in [-0.1, -0.05) is 6.07 Å². The first kappa shape index (κ1) is 19.0. The lowest BCUT2D eigenvalue weighted by Crippen LogP contribution is -2.27. The van der Waals surface area contributed by atoms with Crippen molar-refractivity contribution >= 4 is 18.0 Å². The summed E-state index contributed by atoms with van der Waals surface area (Å²) in [6.45, 7) is 2.09. The van der Waals surface area contributed by atoms with Crippen LogP contribution in [0.1, 0.15) is 12.5 Å². The summed E-state index contributed by atoms with van der Waals surface area (Å²) < 4.78 is 15.5. The molecule has 128 valence electrons. The zero-order valence-corrected chi connectivity index (χ0v) is 14.2. The van der Waals surface area contributed by atoms with Gasteiger partial charge in [-0.2, -0.15) is 5.26 Å². The van der Waals surface area contributed by atoms with Crippen molar-refractivity contribution in [3.63, 3.8) is 0 Å². The molecule has 0 unspecified atom stereocenters. The average molecular weight is 332 g/mol. The number of nitriles is 1. The zero-order chi connectivity index (χ0) is 18.1. The van der Waals surface area contributed by atoms with Crippen LogP contribution in [0.3, 0.4) is 0 Å². The molecule has 0 heterocycles. The van der Waals surface area contributed by atoms with E-state index in [2.05, 4.69) is 4.74 Å². The molecular formula is C17H20N2O5. The molecule has 0 N–H and O–H groups in total. The topological polar surface area (TPSA) is 88.9 Å². The first-order valence-electron chi connectivity index (χ1n) is 7.22. The second-order valence-electron chi connectivity index (χ2n) is 4.88. The standard InChI is InChI=1S/C17H20N2O5/c1-5-23-15-9-12(8-13(10-18)17(21)22-4)6-7-14(15)24-11-16(20)19(2)3/h6-9H,5,11H2,1-4H3/b13-8+. The van der Waals surface area contributed by atoms with Gasteiger partial charge in [0.2, 0.25) is 0 Å². The monoisotopic (exact) mass is 332 g/mol. The van der Waals surface area contributed by atoms with E-state index in [1.165, 1.54) is 18.1 Å². The third-order valence-corrected chi connectivity index (χ3v) is 2.95. The lowest BCUT2D eigenvalue weighted by Gasteiger charge is -2.14. The van der Waals surface area contributed by atoms with Gasteiger partial charge >= 0.3 is 5.97 Å². The second kappa shape index (κ2) is 9.20. The Balaban J connectivity index is 3.06. The van der Waals surface area contributed by atoms with E-state index in [4.69, 9.17) is 14.7 Å². The minimum atomic E-state index is -0.715. The summed E-state index contributed by atoms with van der Waals surface area (Å²) in [6.07, 6.45) is 1.39. The molecule has 0 aromatic heterocycles. The Bertz CT molecular complexity index is 674. The van der Waals surface area contributed by atoms with Crippen LogP contribution in [0.25, 0.3) is 6.08 Å². The number of ether oxygens (including phenoxy) is 3. The lowest BCUT2D eigenvalue weighted by molar-refractivity contribution is -0.135. The summed E-state index contributed by atoms with van der Waals surface area (Å²) in [5.74, 6) is -0.0769. The normalized spacial score (nSPS) is 10.5. The number of carbonyl (C=O) groups excluding carboxylic acids is 2. The molecule has 0 saturated heterocycles. The number of rotatable bonds is 7. The third-order valence-electron chi connectivity index (χ3n) is 2.95. The highest BCUT2D eigenvalue weighted by atomic mass is 16.5. The first-order chi connectivity index (χ1) is 11.4. The summed E-state index contributed by atoms with van der Waals surface area (Å²) in [4.78, 5) is 24.5. The van der Waals surface area contributed by atoms with Gasteiger partial charge in [0.1, 0.15) is 11.6 Å². The Morgan fingerprint density at radius 1 is 1.25 bits per heavy atom. The number of hydrogen-bond acceptors (Lipinski definition) is 6. The number of esters is 1. The SMILES string of the molecule is CCOc1cc(/C=C(\C#N)C(=O)OC)ccc1OCC(=O)N(C)C. The summed E-state index contributed by atoms with van der Waals surface area (Å²) in [5.41, 5.74) is 0.447. The largest absolute Gasteiger partial charge is 0.490 e. The second-order valence-corrected chi connectivity index (χ2v) is 4.88. The molecule has 0 atom stereocenters. The van der Waals surface area contributed by atoms with Gasteiger partial charge in [-0.3, -0.25) is 4.79 Å². The van der Waals surface area contributed by atoms with Crippen LogP contribution in [0.5, 0.6) is 11.5 Å². The fourth-order valence-corrected chi connectivity index (χ4v) is 1.68. The highest BCUT2D eigenvalue weighted by Gasteiger charge is 2.12. The van der Waals surface area contributed by atoms with Crippen molar-refractivity contribution in [2.75, 3.05) is 34.4 Å². The van der Waals surface area contributed by atoms with Crippen molar-refractivity contribution in [2.45, 2.75) is 6.92 Å². The molecule has 0 bridgehead atoms. The highest BCUT2D eigenvalue weighted by Crippen LogP contribution is 2.29. The molecule has 0 saturated carbocycles. The number of hydrogen-bond donors (Lipinski definition) is 0. The molecule has 24 heavy (non-hydrogen) atoms. The van der Waals surface area contributed by atoms with Gasteiger partial charge in [-0.25, -0.2) is 4.79 Å². The number of nitrogens with zero attached hydrogens (tertiary/aromatic N) is 2. The van der Waals surface area contributed by atoms with Crippen molar-refractivity contribution in [2.24, 2.45) is 0 Å². The predicted octanol–water partition coefficient (Wildman–Crippen LogP) is 1.63.